The minimum Gasteiger partial charge on any atom is -0.506 e. The summed E-state index contributed by atoms with van der Waals surface area (Å²) in [5.74, 6) is -0.0900. The van der Waals surface area contributed by atoms with Crippen LogP contribution in [-0.2, 0) is 9.84 Å². The lowest BCUT2D eigenvalue weighted by atomic mass is 10.2. The summed E-state index contributed by atoms with van der Waals surface area (Å²) < 4.78 is 22.9. The van der Waals surface area contributed by atoms with Crippen LogP contribution in [0.15, 0.2) is 29.3 Å². The molecule has 2 aromatic rings. The number of hydrogen-bond acceptors (Lipinski definition) is 8. The molecule has 10 heteroatoms. The van der Waals surface area contributed by atoms with Gasteiger partial charge in [-0.2, -0.15) is 10.5 Å². The van der Waals surface area contributed by atoms with Crippen LogP contribution in [0.4, 0.5) is 5.69 Å². The Bertz CT molecular complexity index is 820. The number of phenolic OH excluding ortho intramolecular Hbond substituents is 1. The van der Waals surface area contributed by atoms with E-state index in [1.807, 2.05) is 6.07 Å². The third-order valence-corrected chi connectivity index (χ3v) is 3.59. The maximum atomic E-state index is 11.5. The van der Waals surface area contributed by atoms with Gasteiger partial charge in [0.2, 0.25) is 5.82 Å². The van der Waals surface area contributed by atoms with Crippen molar-refractivity contribution in [2.75, 3.05) is 11.6 Å². The number of anilines is 1. The van der Waals surface area contributed by atoms with Crippen molar-refractivity contribution in [2.24, 2.45) is 0 Å². The van der Waals surface area contributed by atoms with Gasteiger partial charge < -0.3 is 10.4 Å². The van der Waals surface area contributed by atoms with Gasteiger partial charge in [0.05, 0.1) is 10.6 Å². The molecule has 2 rings (SSSR count). The van der Waals surface area contributed by atoms with Crippen molar-refractivity contribution in [3.63, 3.8) is 0 Å². The fourth-order valence-corrected chi connectivity index (χ4v) is 2.08. The van der Waals surface area contributed by atoms with Crippen molar-refractivity contribution in [1.29, 1.82) is 5.26 Å². The summed E-state index contributed by atoms with van der Waals surface area (Å²) in [7, 11) is -3.41. The highest BCUT2D eigenvalue weighted by Crippen LogP contribution is 2.26. The van der Waals surface area contributed by atoms with Crippen molar-refractivity contribution < 1.29 is 13.5 Å². The van der Waals surface area contributed by atoms with E-state index in [4.69, 9.17) is 5.26 Å². The monoisotopic (exact) mass is 306 g/mol. The second kappa shape index (κ2) is 5.59. The van der Waals surface area contributed by atoms with Crippen molar-refractivity contribution in [3.8, 4) is 11.8 Å². The van der Waals surface area contributed by atoms with E-state index in [0.29, 0.717) is 0 Å². The molecular weight excluding hydrogens is 296 g/mol. The van der Waals surface area contributed by atoms with Crippen LogP contribution in [0.25, 0.3) is 5.57 Å². The van der Waals surface area contributed by atoms with Crippen LogP contribution in [0.2, 0.25) is 0 Å². The van der Waals surface area contributed by atoms with Gasteiger partial charge in [0, 0.05) is 12.5 Å². The Morgan fingerprint density at radius 1 is 1.52 bits per heavy atom. The van der Waals surface area contributed by atoms with Crippen molar-refractivity contribution in [1.82, 2.24) is 20.6 Å². The third kappa shape index (κ3) is 3.34. The molecule has 0 saturated heterocycles. The summed E-state index contributed by atoms with van der Waals surface area (Å²) >= 11 is 0. The molecule has 1 aromatic heterocycles. The molecule has 0 amide bonds. The third-order valence-electron chi connectivity index (χ3n) is 2.47. The molecule has 1 heterocycles. The fraction of sp³-hybridized carbons (Fsp3) is 0.0909. The second-order valence-corrected chi connectivity index (χ2v) is 6.02. The van der Waals surface area contributed by atoms with E-state index in [2.05, 4.69) is 25.9 Å². The number of rotatable bonds is 4. The first kappa shape index (κ1) is 14.5. The molecule has 0 fully saturated rings. The molecule has 0 radical (unpaired) electrons. The molecular formula is C11H10N6O3S. The number of sulfone groups is 1. The molecule has 0 aliphatic rings. The maximum Gasteiger partial charge on any atom is 0.216 e. The summed E-state index contributed by atoms with van der Waals surface area (Å²) in [6.45, 7) is 0. The number of allylic oxidation sites excluding steroid dienone is 1. The minimum absolute atomic E-state index is 0.0364. The lowest BCUT2D eigenvalue weighted by Gasteiger charge is -2.06. The van der Waals surface area contributed by atoms with Gasteiger partial charge >= 0.3 is 0 Å². The van der Waals surface area contributed by atoms with Crippen LogP contribution >= 0.6 is 0 Å². The molecule has 108 valence electrons. The normalized spacial score (nSPS) is 11.9. The predicted octanol–water partition coefficient (Wildman–Crippen LogP) is 0.285. The summed E-state index contributed by atoms with van der Waals surface area (Å²) in [5, 5.41) is 34.1. The van der Waals surface area contributed by atoms with Crippen LogP contribution in [0.5, 0.6) is 5.75 Å². The van der Waals surface area contributed by atoms with Gasteiger partial charge in [-0.05, 0) is 23.4 Å². The van der Waals surface area contributed by atoms with Crippen LogP contribution in [0.3, 0.4) is 0 Å². The molecule has 9 nitrogen and oxygen atoms in total. The molecule has 0 bridgehead atoms. The zero-order valence-corrected chi connectivity index (χ0v) is 11.6. The number of nitrogens with one attached hydrogen (secondary N) is 2. The molecule has 0 spiro atoms. The smallest absolute Gasteiger partial charge is 0.216 e. The first-order chi connectivity index (χ1) is 9.91. The van der Waals surface area contributed by atoms with Gasteiger partial charge in [0.25, 0.3) is 0 Å². The van der Waals surface area contributed by atoms with Gasteiger partial charge in [-0.15, -0.1) is 10.2 Å². The molecule has 0 atom stereocenters. The topological polar surface area (TPSA) is 145 Å². The van der Waals surface area contributed by atoms with Crippen LogP contribution in [-0.4, -0.2) is 40.4 Å². The number of nitriles is 1. The van der Waals surface area contributed by atoms with Crippen LogP contribution in [0.1, 0.15) is 5.82 Å². The number of phenols is 1. The van der Waals surface area contributed by atoms with E-state index in [1.54, 1.807) is 0 Å². The van der Waals surface area contributed by atoms with E-state index < -0.39 is 9.84 Å². The molecule has 0 saturated carbocycles. The number of nitrogens with zero attached hydrogens (tertiary/aromatic N) is 4. The lowest BCUT2D eigenvalue weighted by molar-refractivity contribution is 0.477. The Morgan fingerprint density at radius 3 is 2.86 bits per heavy atom. The number of aromatic hydroxyl groups is 1. The summed E-state index contributed by atoms with van der Waals surface area (Å²) in [6, 6.07) is 5.63. The number of H-pyrrole nitrogens is 1. The van der Waals surface area contributed by atoms with E-state index in [-0.39, 0.29) is 27.7 Å². The molecule has 21 heavy (non-hydrogen) atoms. The van der Waals surface area contributed by atoms with E-state index in [9.17, 15) is 13.5 Å². The average Bonchev–Trinajstić information content (AvgIpc) is 2.94. The number of hydrogen-bond donors (Lipinski definition) is 3. The Kier molecular flexibility index (Phi) is 3.86. The Balaban J connectivity index is 2.34. The second-order valence-electron chi connectivity index (χ2n) is 4.00. The van der Waals surface area contributed by atoms with Crippen molar-refractivity contribution in [3.05, 3.63) is 30.2 Å². The van der Waals surface area contributed by atoms with Gasteiger partial charge in [-0.25, -0.2) is 8.42 Å². The number of benzene rings is 1. The van der Waals surface area contributed by atoms with Crippen molar-refractivity contribution >= 4 is 21.1 Å². The minimum atomic E-state index is -3.41. The number of aromatic nitrogens is 4. The van der Waals surface area contributed by atoms with Gasteiger partial charge in [-0.3, -0.25) is 0 Å². The molecule has 0 aliphatic carbocycles. The standard InChI is InChI=1S/C11H10N6O3S/c1-21(19,20)8-2-3-10(18)9(4-8)13-6-7(5-12)11-14-16-17-15-11/h2-4,6,13,18H,1H3,(H,14,15,16,17). The van der Waals surface area contributed by atoms with E-state index in [1.165, 1.54) is 24.4 Å². The summed E-state index contributed by atoms with van der Waals surface area (Å²) in [6.07, 6.45) is 2.30. The van der Waals surface area contributed by atoms with Gasteiger partial charge in [-0.1, -0.05) is 0 Å². The highest BCUT2D eigenvalue weighted by molar-refractivity contribution is 7.90. The zero-order valence-electron chi connectivity index (χ0n) is 10.8. The van der Waals surface area contributed by atoms with Crippen LogP contribution in [0, 0.1) is 11.3 Å². The van der Waals surface area contributed by atoms with E-state index >= 15 is 0 Å². The maximum absolute atomic E-state index is 11.5. The number of tetrazole rings is 1. The fourth-order valence-electron chi connectivity index (χ4n) is 1.43. The average molecular weight is 306 g/mol. The van der Waals surface area contributed by atoms with Gasteiger partial charge in [0.15, 0.2) is 9.84 Å². The molecule has 3 N–H and O–H groups in total. The van der Waals surface area contributed by atoms with Crippen molar-refractivity contribution in [2.45, 2.75) is 4.90 Å². The number of aromatic amines is 1. The van der Waals surface area contributed by atoms with Gasteiger partial charge in [0.1, 0.15) is 17.4 Å². The summed E-state index contributed by atoms with van der Waals surface area (Å²) in [4.78, 5) is 0.0364. The first-order valence-corrected chi connectivity index (χ1v) is 7.44. The molecule has 0 aliphatic heterocycles. The lowest BCUT2D eigenvalue weighted by Crippen LogP contribution is -1.99. The predicted molar refractivity (Wildman–Crippen MR) is 72.6 cm³/mol. The first-order valence-electron chi connectivity index (χ1n) is 5.55. The SMILES string of the molecule is CS(=O)(=O)c1ccc(O)c(NC=C(C#N)c2nn[nH]n2)c1. The Labute approximate surface area is 119 Å². The molecule has 0 unspecified atom stereocenters. The highest BCUT2D eigenvalue weighted by Gasteiger charge is 2.11. The summed E-state index contributed by atoms with van der Waals surface area (Å²) in [5.41, 5.74) is 0.196. The largest absolute Gasteiger partial charge is 0.506 e. The van der Waals surface area contributed by atoms with E-state index in [0.717, 1.165) is 6.26 Å². The highest BCUT2D eigenvalue weighted by atomic mass is 32.2. The Hall–Kier alpha value is -2.93. The molecule has 1 aromatic carbocycles. The Morgan fingerprint density at radius 2 is 2.29 bits per heavy atom. The quantitative estimate of drug-likeness (QED) is 0.539. The van der Waals surface area contributed by atoms with Crippen LogP contribution < -0.4 is 5.32 Å². The zero-order chi connectivity index (χ0) is 15.5.